The van der Waals surface area contributed by atoms with Gasteiger partial charge in [-0.3, -0.25) is 4.79 Å². The maximum absolute atomic E-state index is 11.9. The molecule has 15 atom stereocenters. The Morgan fingerprint density at radius 3 is 1.80 bits per heavy atom. The van der Waals surface area contributed by atoms with Gasteiger partial charge >= 0.3 is 5.97 Å². The van der Waals surface area contributed by atoms with Crippen LogP contribution in [0.3, 0.4) is 0 Å². The molecule has 0 aromatic heterocycles. The first-order chi connectivity index (χ1) is 18.7. The van der Waals surface area contributed by atoms with E-state index in [0.29, 0.717) is 0 Å². The van der Waals surface area contributed by atoms with E-state index in [1.54, 1.807) is 0 Å². The molecule has 0 saturated carbocycles. The number of hydrogen-bond donors (Lipinski definition) is 11. The van der Waals surface area contributed by atoms with Gasteiger partial charge in [-0.2, -0.15) is 0 Å². The first-order valence-corrected chi connectivity index (χ1v) is 12.3. The van der Waals surface area contributed by atoms with Gasteiger partial charge in [-0.05, 0) is 0 Å². The zero-order valence-electron chi connectivity index (χ0n) is 21.3. The summed E-state index contributed by atoms with van der Waals surface area (Å²) in [7, 11) is 0. The van der Waals surface area contributed by atoms with Gasteiger partial charge < -0.3 is 86.5 Å². The predicted octanol–water partition coefficient (Wildman–Crippen LogP) is -8.21. The van der Waals surface area contributed by atoms with Crippen LogP contribution in [0.2, 0.25) is 0 Å². The number of aliphatic hydroxyl groups excluding tert-OH is 8. The fourth-order valence-electron chi connectivity index (χ4n) is 4.53. The molecule has 19 nitrogen and oxygen atoms in total. The summed E-state index contributed by atoms with van der Waals surface area (Å²) in [5.41, 5.74) is 17.7. The lowest BCUT2D eigenvalue weighted by Crippen LogP contribution is -2.72. The Bertz CT molecular complexity index is 883. The molecule has 0 radical (unpaired) electrons. The third kappa shape index (κ3) is 6.29. The van der Waals surface area contributed by atoms with Gasteiger partial charge in [0.1, 0.15) is 55.4 Å². The second-order valence-corrected chi connectivity index (χ2v) is 9.73. The number of carbonyl (C=O) groups is 2. The van der Waals surface area contributed by atoms with E-state index in [1.165, 1.54) is 0 Å². The molecule has 3 aliphatic heterocycles. The highest BCUT2D eigenvalue weighted by atomic mass is 16.8. The van der Waals surface area contributed by atoms with E-state index in [4.69, 9.17) is 45.6 Å². The zero-order valence-corrected chi connectivity index (χ0v) is 21.3. The molecule has 232 valence electrons. The minimum Gasteiger partial charge on any atom is -0.422 e. The molecule has 3 saturated heterocycles. The lowest BCUT2D eigenvalue weighted by atomic mass is 9.93. The summed E-state index contributed by atoms with van der Waals surface area (Å²) in [5, 5.41) is 81.4. The molecule has 3 rings (SSSR count). The summed E-state index contributed by atoms with van der Waals surface area (Å²) in [6, 6.07) is -4.40. The summed E-state index contributed by atoms with van der Waals surface area (Å²) in [6.45, 7) is -1.96. The van der Waals surface area contributed by atoms with Crippen LogP contribution in [0.15, 0.2) is 0 Å². The summed E-state index contributed by atoms with van der Waals surface area (Å²) in [6.07, 6.45) is -18.1. The zero-order chi connectivity index (χ0) is 30.1. The van der Waals surface area contributed by atoms with Crippen LogP contribution in [0.1, 0.15) is 6.92 Å². The molecule has 2 unspecified atom stereocenters. The number of Topliss-reactive ketones (excluding diaryl/α,β-unsaturated/α-hetero) is 1. The minimum absolute atomic E-state index is 0.711. The highest BCUT2D eigenvalue weighted by Crippen LogP contribution is 2.34. The topological polar surface area (TPSA) is 329 Å². The predicted molar refractivity (Wildman–Crippen MR) is 123 cm³/mol. The van der Waals surface area contributed by atoms with Crippen LogP contribution in [-0.4, -0.2) is 164 Å². The van der Waals surface area contributed by atoms with E-state index in [0.717, 1.165) is 6.92 Å². The van der Waals surface area contributed by atoms with Crippen molar-refractivity contribution in [2.75, 3.05) is 19.8 Å². The summed E-state index contributed by atoms with van der Waals surface area (Å²) >= 11 is 0. The Kier molecular flexibility index (Phi) is 10.9. The average Bonchev–Trinajstić information content (AvgIpc) is 2.93. The van der Waals surface area contributed by atoms with Gasteiger partial charge in [0.25, 0.3) is 5.79 Å². The smallest absolute Gasteiger partial charge is 0.376 e. The fraction of sp³-hybridized carbons (Fsp3) is 0.905. The normalized spacial score (nSPS) is 48.0. The molecule has 0 aromatic carbocycles. The van der Waals surface area contributed by atoms with Crippen molar-refractivity contribution in [2.24, 2.45) is 17.2 Å². The van der Waals surface area contributed by atoms with Gasteiger partial charge in [0.15, 0.2) is 18.9 Å². The molecule has 3 heterocycles. The SMILES string of the molecule is CC(=O)C(=O)O[C@@]1(CO)O[C@H](OC2[C@@H](CO)O[C@@H](OC3[C@@H](CO)O[C@@H](O)[C@H](N)[C@H]3O)[C@H](N)[C@H]2O)[C@H](N)[C@@H](O)[C@@H]1O. The van der Waals surface area contributed by atoms with Crippen molar-refractivity contribution < 1.29 is 78.9 Å². The van der Waals surface area contributed by atoms with Gasteiger partial charge in [-0.25, -0.2) is 4.79 Å². The Balaban J connectivity index is 1.79. The van der Waals surface area contributed by atoms with E-state index in [9.17, 15) is 50.4 Å². The van der Waals surface area contributed by atoms with Gasteiger partial charge in [-0.1, -0.05) is 0 Å². The third-order valence-corrected chi connectivity index (χ3v) is 6.98. The van der Waals surface area contributed by atoms with E-state index >= 15 is 0 Å². The lowest BCUT2D eigenvalue weighted by Gasteiger charge is -2.50. The molecule has 40 heavy (non-hydrogen) atoms. The van der Waals surface area contributed by atoms with Crippen LogP contribution < -0.4 is 17.2 Å². The number of ether oxygens (including phenoxy) is 6. The largest absolute Gasteiger partial charge is 0.422 e. The van der Waals surface area contributed by atoms with Crippen molar-refractivity contribution in [3.8, 4) is 0 Å². The molecule has 0 aromatic rings. The Morgan fingerprint density at radius 2 is 1.27 bits per heavy atom. The molecule has 19 heteroatoms. The van der Waals surface area contributed by atoms with Crippen molar-refractivity contribution in [1.82, 2.24) is 0 Å². The van der Waals surface area contributed by atoms with Crippen LogP contribution in [0.25, 0.3) is 0 Å². The number of nitrogens with two attached hydrogens (primary N) is 3. The fourth-order valence-corrected chi connectivity index (χ4v) is 4.53. The van der Waals surface area contributed by atoms with Gasteiger partial charge in [0.2, 0.25) is 5.78 Å². The van der Waals surface area contributed by atoms with E-state index in [2.05, 4.69) is 0 Å². The van der Waals surface area contributed by atoms with Gasteiger partial charge in [0, 0.05) is 6.92 Å². The lowest BCUT2D eigenvalue weighted by molar-refractivity contribution is -0.398. The quantitative estimate of drug-likeness (QED) is 0.0880. The number of rotatable bonds is 9. The number of hydrogen-bond acceptors (Lipinski definition) is 19. The van der Waals surface area contributed by atoms with E-state index < -0.39 is 123 Å². The standard InChI is InChI=1S/C21H37N3O16/c1-5(28)17(33)39-21(4-27)16(32)13(31)10(24)20(40-21)38-15-7(3-26)36-19(9(23)12(15)30)37-14-6(2-25)35-18(34)8(22)11(14)29/h6-16,18-20,25-27,29-32,34H,2-4,22-24H2,1H3/t6-,7-,8-,9-,10-,11-,12-,13-,14?,15?,16+,18-,19+,20+,21+/m1/s1. The van der Waals surface area contributed by atoms with Crippen LogP contribution in [0.4, 0.5) is 0 Å². The van der Waals surface area contributed by atoms with Crippen molar-refractivity contribution in [3.63, 3.8) is 0 Å². The molecular formula is C21H37N3O16. The van der Waals surface area contributed by atoms with Crippen molar-refractivity contribution in [3.05, 3.63) is 0 Å². The van der Waals surface area contributed by atoms with Crippen LogP contribution in [-0.2, 0) is 38.0 Å². The monoisotopic (exact) mass is 587 g/mol. The molecule has 3 aliphatic rings. The second kappa shape index (κ2) is 13.2. The summed E-state index contributed by atoms with van der Waals surface area (Å²) < 4.78 is 32.2. The van der Waals surface area contributed by atoms with Crippen LogP contribution in [0, 0.1) is 0 Å². The molecular weight excluding hydrogens is 550 g/mol. The van der Waals surface area contributed by atoms with Gasteiger partial charge in [0.05, 0.1) is 31.3 Å². The first kappa shape index (κ1) is 33.0. The number of esters is 1. The van der Waals surface area contributed by atoms with Crippen molar-refractivity contribution >= 4 is 11.8 Å². The Hall–Kier alpha value is -1.50. The third-order valence-electron chi connectivity index (χ3n) is 6.98. The highest BCUT2D eigenvalue weighted by molar-refractivity contribution is 6.32. The maximum Gasteiger partial charge on any atom is 0.376 e. The maximum atomic E-state index is 11.9. The molecule has 0 aliphatic carbocycles. The molecule has 3 fully saturated rings. The average molecular weight is 588 g/mol. The Morgan fingerprint density at radius 1 is 0.775 bits per heavy atom. The number of aliphatic hydroxyl groups is 8. The number of ketones is 1. The Labute approximate surface area is 226 Å². The van der Waals surface area contributed by atoms with E-state index in [1.807, 2.05) is 0 Å². The van der Waals surface area contributed by atoms with Crippen molar-refractivity contribution in [2.45, 2.75) is 98.5 Å². The minimum atomic E-state index is -2.70. The molecule has 14 N–H and O–H groups in total. The molecule has 0 bridgehead atoms. The highest BCUT2D eigenvalue weighted by Gasteiger charge is 2.58. The second-order valence-electron chi connectivity index (χ2n) is 9.73. The van der Waals surface area contributed by atoms with Crippen LogP contribution in [0.5, 0.6) is 0 Å². The van der Waals surface area contributed by atoms with Crippen molar-refractivity contribution in [1.29, 1.82) is 0 Å². The summed E-state index contributed by atoms with van der Waals surface area (Å²) in [5.74, 6) is -5.34. The molecule has 0 spiro atoms. The number of carbonyl (C=O) groups excluding carboxylic acids is 2. The van der Waals surface area contributed by atoms with E-state index in [-0.39, 0.29) is 0 Å². The van der Waals surface area contributed by atoms with Crippen LogP contribution >= 0.6 is 0 Å². The van der Waals surface area contributed by atoms with Gasteiger partial charge in [-0.15, -0.1) is 0 Å². The first-order valence-electron chi connectivity index (χ1n) is 12.3. The summed E-state index contributed by atoms with van der Waals surface area (Å²) in [4.78, 5) is 23.3. The molecule has 0 amide bonds.